The van der Waals surface area contributed by atoms with Crippen LogP contribution in [0.2, 0.25) is 0 Å². The third-order valence-electron chi connectivity index (χ3n) is 2.29. The van der Waals surface area contributed by atoms with Gasteiger partial charge < -0.3 is 0 Å². The van der Waals surface area contributed by atoms with Crippen molar-refractivity contribution in [2.24, 2.45) is 0 Å². The summed E-state index contributed by atoms with van der Waals surface area (Å²) in [6.07, 6.45) is 0.704. The Kier molecular flexibility index (Phi) is 4.60. The second-order valence-corrected chi connectivity index (χ2v) is 9.10. The number of hydrogen-bond acceptors (Lipinski definition) is 4. The van der Waals surface area contributed by atoms with E-state index in [-0.39, 0.29) is 6.04 Å². The van der Waals surface area contributed by atoms with E-state index >= 15 is 0 Å². The molecule has 2 aromatic rings. The number of halogens is 1. The van der Waals surface area contributed by atoms with Gasteiger partial charge in [-0.2, -0.15) is 11.3 Å². The number of hydrogen-bond donors (Lipinski definition) is 1. The van der Waals surface area contributed by atoms with Crippen molar-refractivity contribution >= 4 is 48.6 Å². The number of nitrogens with one attached hydrogen (secondary N) is 1. The zero-order valence-corrected chi connectivity index (χ0v) is 13.6. The average molecular weight is 366 g/mol. The Hall–Kier alpha value is -0.210. The predicted molar refractivity (Wildman–Crippen MR) is 79.8 cm³/mol. The van der Waals surface area contributed by atoms with Crippen LogP contribution >= 0.6 is 38.6 Å². The molecule has 0 aromatic carbocycles. The van der Waals surface area contributed by atoms with Crippen LogP contribution < -0.4 is 4.72 Å². The molecule has 0 aliphatic heterocycles. The van der Waals surface area contributed by atoms with E-state index in [0.29, 0.717) is 10.6 Å². The van der Waals surface area contributed by atoms with Crippen LogP contribution in [0.15, 0.2) is 37.0 Å². The lowest BCUT2D eigenvalue weighted by Gasteiger charge is -2.12. The summed E-state index contributed by atoms with van der Waals surface area (Å²) < 4.78 is 28.0. The maximum atomic E-state index is 12.1. The van der Waals surface area contributed by atoms with Gasteiger partial charge in [-0.05, 0) is 63.8 Å². The summed E-state index contributed by atoms with van der Waals surface area (Å²) in [5.74, 6) is 0. The summed E-state index contributed by atoms with van der Waals surface area (Å²) in [6.45, 7) is 1.87. The number of sulfonamides is 1. The summed E-state index contributed by atoms with van der Waals surface area (Å²) in [7, 11) is -3.40. The van der Waals surface area contributed by atoms with E-state index in [2.05, 4.69) is 20.7 Å². The van der Waals surface area contributed by atoms with Gasteiger partial charge in [-0.25, -0.2) is 13.1 Å². The monoisotopic (exact) mass is 365 g/mol. The fourth-order valence-electron chi connectivity index (χ4n) is 1.57. The highest BCUT2D eigenvalue weighted by Crippen LogP contribution is 2.26. The summed E-state index contributed by atoms with van der Waals surface area (Å²) in [6, 6.07) is 5.24. The molecular weight excluding hydrogens is 354 g/mol. The molecular formula is C11H12BrNO2S3. The van der Waals surface area contributed by atoms with Crippen LogP contribution in [0.4, 0.5) is 0 Å². The molecule has 1 unspecified atom stereocenters. The van der Waals surface area contributed by atoms with E-state index < -0.39 is 10.0 Å². The lowest BCUT2D eigenvalue weighted by Crippen LogP contribution is -2.33. The molecule has 0 spiro atoms. The molecule has 2 heterocycles. The van der Waals surface area contributed by atoms with Gasteiger partial charge in [0.1, 0.15) is 4.21 Å². The maximum Gasteiger partial charge on any atom is 0.250 e. The molecule has 7 heteroatoms. The fraction of sp³-hybridized carbons (Fsp3) is 0.273. The van der Waals surface area contributed by atoms with Gasteiger partial charge in [0.05, 0.1) is 3.79 Å². The van der Waals surface area contributed by atoms with Crippen molar-refractivity contribution in [1.82, 2.24) is 4.72 Å². The van der Waals surface area contributed by atoms with Gasteiger partial charge in [0.2, 0.25) is 10.0 Å². The molecule has 0 aliphatic carbocycles. The van der Waals surface area contributed by atoms with Gasteiger partial charge in [-0.3, -0.25) is 0 Å². The van der Waals surface area contributed by atoms with Crippen LogP contribution in [-0.4, -0.2) is 14.5 Å². The molecule has 3 nitrogen and oxygen atoms in total. The molecule has 2 aromatic heterocycles. The highest BCUT2D eigenvalue weighted by atomic mass is 79.9. The van der Waals surface area contributed by atoms with Crippen LogP contribution in [0.3, 0.4) is 0 Å². The molecule has 0 bridgehead atoms. The highest BCUT2D eigenvalue weighted by molar-refractivity contribution is 9.11. The van der Waals surface area contributed by atoms with Gasteiger partial charge in [0.25, 0.3) is 0 Å². The lowest BCUT2D eigenvalue weighted by molar-refractivity contribution is 0.562. The molecule has 2 rings (SSSR count). The smallest absolute Gasteiger partial charge is 0.207 e. The molecule has 1 atom stereocenters. The standard InChI is InChI=1S/C11H12BrNO2S3/c1-8(6-9-4-5-16-7-9)13-18(14,15)11-3-2-10(12)17-11/h2-5,7-8,13H,6H2,1H3. The second-order valence-electron chi connectivity index (χ2n) is 3.92. The van der Waals surface area contributed by atoms with E-state index in [1.807, 2.05) is 23.8 Å². The minimum absolute atomic E-state index is 0.120. The van der Waals surface area contributed by atoms with Gasteiger partial charge in [0.15, 0.2) is 0 Å². The molecule has 1 N–H and O–H groups in total. The third kappa shape index (κ3) is 3.64. The summed E-state index contributed by atoms with van der Waals surface area (Å²) in [5.41, 5.74) is 1.16. The second kappa shape index (κ2) is 5.83. The van der Waals surface area contributed by atoms with Crippen molar-refractivity contribution < 1.29 is 8.42 Å². The SMILES string of the molecule is CC(Cc1ccsc1)NS(=O)(=O)c1ccc(Br)s1. The van der Waals surface area contributed by atoms with Crippen molar-refractivity contribution in [1.29, 1.82) is 0 Å². The first kappa shape index (κ1) is 14.2. The Balaban J connectivity index is 2.04. The van der Waals surface area contributed by atoms with Crippen LogP contribution in [0.1, 0.15) is 12.5 Å². The van der Waals surface area contributed by atoms with Gasteiger partial charge in [-0.15, -0.1) is 11.3 Å². The zero-order chi connectivity index (χ0) is 13.2. The average Bonchev–Trinajstić information content (AvgIpc) is 2.88. The molecule has 0 fully saturated rings. The summed E-state index contributed by atoms with van der Waals surface area (Å²) >= 11 is 6.10. The van der Waals surface area contributed by atoms with Crippen LogP contribution in [0.25, 0.3) is 0 Å². The lowest BCUT2D eigenvalue weighted by atomic mass is 10.1. The Labute approximate surface area is 123 Å². The molecule has 0 amide bonds. The van der Waals surface area contributed by atoms with Crippen molar-refractivity contribution in [2.75, 3.05) is 0 Å². The van der Waals surface area contributed by atoms with Crippen molar-refractivity contribution in [3.63, 3.8) is 0 Å². The molecule has 98 valence electrons. The van der Waals surface area contributed by atoms with Crippen molar-refractivity contribution in [2.45, 2.75) is 23.6 Å². The minimum atomic E-state index is -3.40. The Morgan fingerprint density at radius 3 is 2.72 bits per heavy atom. The Morgan fingerprint density at radius 2 is 2.17 bits per heavy atom. The Bertz CT molecular complexity index is 604. The van der Waals surface area contributed by atoms with E-state index in [1.165, 1.54) is 11.3 Å². The van der Waals surface area contributed by atoms with Gasteiger partial charge in [0, 0.05) is 6.04 Å². The fourth-order valence-corrected chi connectivity index (χ4v) is 5.52. The van der Waals surface area contributed by atoms with E-state index in [4.69, 9.17) is 0 Å². The number of thiophene rings is 2. The predicted octanol–water partition coefficient (Wildman–Crippen LogP) is 3.48. The zero-order valence-electron chi connectivity index (χ0n) is 9.59. The maximum absolute atomic E-state index is 12.1. The van der Waals surface area contributed by atoms with Crippen LogP contribution in [0.5, 0.6) is 0 Å². The van der Waals surface area contributed by atoms with E-state index in [9.17, 15) is 8.42 Å². The van der Waals surface area contributed by atoms with Gasteiger partial charge >= 0.3 is 0 Å². The molecule has 0 saturated carbocycles. The first-order valence-electron chi connectivity index (χ1n) is 5.26. The topological polar surface area (TPSA) is 46.2 Å². The van der Waals surface area contributed by atoms with E-state index in [0.717, 1.165) is 9.35 Å². The first-order valence-corrected chi connectivity index (χ1v) is 9.29. The molecule has 18 heavy (non-hydrogen) atoms. The quantitative estimate of drug-likeness (QED) is 0.881. The third-order valence-corrected chi connectivity index (χ3v) is 6.73. The Morgan fingerprint density at radius 1 is 1.39 bits per heavy atom. The van der Waals surface area contributed by atoms with E-state index in [1.54, 1.807) is 23.5 Å². The molecule has 0 radical (unpaired) electrons. The van der Waals surface area contributed by atoms with Gasteiger partial charge in [-0.1, -0.05) is 0 Å². The summed E-state index contributed by atoms with van der Waals surface area (Å²) in [5, 5.41) is 4.03. The minimum Gasteiger partial charge on any atom is -0.207 e. The van der Waals surface area contributed by atoms with Crippen molar-refractivity contribution in [3.05, 3.63) is 38.3 Å². The summed E-state index contributed by atoms with van der Waals surface area (Å²) in [4.78, 5) is 0. The van der Waals surface area contributed by atoms with Crippen LogP contribution in [-0.2, 0) is 16.4 Å². The van der Waals surface area contributed by atoms with Crippen molar-refractivity contribution in [3.8, 4) is 0 Å². The molecule has 0 saturated heterocycles. The number of rotatable bonds is 5. The first-order chi connectivity index (χ1) is 8.47. The highest BCUT2D eigenvalue weighted by Gasteiger charge is 2.19. The largest absolute Gasteiger partial charge is 0.250 e. The van der Waals surface area contributed by atoms with Crippen LogP contribution in [0, 0.1) is 0 Å². The molecule has 0 aliphatic rings. The normalized spacial score (nSPS) is 13.7.